The Labute approximate surface area is 144 Å². The first-order chi connectivity index (χ1) is 11.1. The molecule has 0 aromatic heterocycles. The summed E-state index contributed by atoms with van der Waals surface area (Å²) in [5, 5.41) is 0.00428. The molecule has 3 nitrogen and oxygen atoms in total. The van der Waals surface area contributed by atoms with E-state index in [-0.39, 0.29) is 17.3 Å². The minimum Gasteiger partial charge on any atom is -0.376 e. The van der Waals surface area contributed by atoms with Crippen LogP contribution in [0.1, 0.15) is 39.2 Å². The summed E-state index contributed by atoms with van der Waals surface area (Å²) < 4.78 is 5.90. The van der Waals surface area contributed by atoms with Crippen LogP contribution in [0.2, 0.25) is 0 Å². The smallest absolute Gasteiger partial charge is 0.235 e. The molecular formula is C19H29NO2S. The molecule has 1 aromatic rings. The summed E-state index contributed by atoms with van der Waals surface area (Å²) in [4.78, 5) is 14.5. The lowest BCUT2D eigenvalue weighted by Crippen LogP contribution is -2.35. The highest BCUT2D eigenvalue weighted by molar-refractivity contribution is 7.99. The van der Waals surface area contributed by atoms with Crippen LogP contribution in [0, 0.1) is 5.92 Å². The van der Waals surface area contributed by atoms with Gasteiger partial charge in [-0.1, -0.05) is 44.2 Å². The highest BCUT2D eigenvalue weighted by atomic mass is 32.2. The lowest BCUT2D eigenvalue weighted by molar-refractivity contribution is -0.129. The number of ether oxygens (including phenoxy) is 1. The van der Waals surface area contributed by atoms with E-state index in [1.54, 1.807) is 11.8 Å². The van der Waals surface area contributed by atoms with Crippen LogP contribution < -0.4 is 0 Å². The van der Waals surface area contributed by atoms with Gasteiger partial charge in [-0.25, -0.2) is 0 Å². The first kappa shape index (κ1) is 18.3. The second-order valence-electron chi connectivity index (χ2n) is 6.69. The predicted molar refractivity (Wildman–Crippen MR) is 97.6 cm³/mol. The van der Waals surface area contributed by atoms with E-state index in [1.165, 1.54) is 5.56 Å². The average molecular weight is 336 g/mol. The van der Waals surface area contributed by atoms with Crippen LogP contribution in [0.15, 0.2) is 30.3 Å². The number of amides is 1. The van der Waals surface area contributed by atoms with E-state index < -0.39 is 0 Å². The van der Waals surface area contributed by atoms with Crippen molar-refractivity contribution >= 4 is 17.7 Å². The summed E-state index contributed by atoms with van der Waals surface area (Å²) in [7, 11) is 0. The molecule has 0 bridgehead atoms. The summed E-state index contributed by atoms with van der Waals surface area (Å²) >= 11 is 1.72. The van der Waals surface area contributed by atoms with Crippen molar-refractivity contribution in [2.75, 3.05) is 19.7 Å². The molecule has 0 radical (unpaired) electrons. The Morgan fingerprint density at radius 2 is 2.04 bits per heavy atom. The van der Waals surface area contributed by atoms with Gasteiger partial charge in [-0.2, -0.15) is 0 Å². The zero-order valence-electron chi connectivity index (χ0n) is 14.5. The van der Waals surface area contributed by atoms with Crippen molar-refractivity contribution in [2.45, 2.75) is 50.7 Å². The number of carbonyl (C=O) groups excluding carboxylic acids is 1. The molecule has 1 aliphatic rings. The third-order valence-electron chi connectivity index (χ3n) is 4.20. The lowest BCUT2D eigenvalue weighted by atomic mass is 10.1. The van der Waals surface area contributed by atoms with Crippen molar-refractivity contribution in [3.63, 3.8) is 0 Å². The van der Waals surface area contributed by atoms with Crippen molar-refractivity contribution in [1.29, 1.82) is 0 Å². The van der Waals surface area contributed by atoms with Crippen LogP contribution in [-0.4, -0.2) is 41.9 Å². The molecule has 1 amide bonds. The van der Waals surface area contributed by atoms with Gasteiger partial charge in [0, 0.05) is 25.4 Å². The second kappa shape index (κ2) is 9.33. The van der Waals surface area contributed by atoms with Gasteiger partial charge in [0.15, 0.2) is 0 Å². The molecule has 1 aromatic carbocycles. The molecule has 23 heavy (non-hydrogen) atoms. The molecule has 4 heteroatoms. The molecular weight excluding hydrogens is 306 g/mol. The van der Waals surface area contributed by atoms with Crippen LogP contribution in [-0.2, 0) is 15.3 Å². The number of carbonyl (C=O) groups is 1. The summed E-state index contributed by atoms with van der Waals surface area (Å²) in [5.41, 5.74) is 1.27. The van der Waals surface area contributed by atoms with Crippen molar-refractivity contribution in [3.8, 4) is 0 Å². The van der Waals surface area contributed by atoms with Crippen molar-refractivity contribution < 1.29 is 9.53 Å². The predicted octanol–water partition coefficient (Wildman–Crippen LogP) is 3.97. The maximum absolute atomic E-state index is 12.5. The average Bonchev–Trinajstić information content (AvgIpc) is 3.01. The molecule has 0 unspecified atom stereocenters. The molecule has 0 aliphatic carbocycles. The van der Waals surface area contributed by atoms with Gasteiger partial charge in [0.2, 0.25) is 5.91 Å². The van der Waals surface area contributed by atoms with Gasteiger partial charge in [-0.05, 0) is 31.2 Å². The topological polar surface area (TPSA) is 29.5 Å². The quantitative estimate of drug-likeness (QED) is 0.720. The van der Waals surface area contributed by atoms with Gasteiger partial charge in [0.1, 0.15) is 0 Å². The Kier molecular flexibility index (Phi) is 7.44. The van der Waals surface area contributed by atoms with Crippen LogP contribution in [0.4, 0.5) is 0 Å². The fraction of sp³-hybridized carbons (Fsp3) is 0.632. The van der Waals surface area contributed by atoms with E-state index in [4.69, 9.17) is 4.74 Å². The summed E-state index contributed by atoms with van der Waals surface area (Å²) in [5.74, 6) is 1.81. The summed E-state index contributed by atoms with van der Waals surface area (Å²) in [6.07, 6.45) is 2.29. The van der Waals surface area contributed by atoms with E-state index in [1.807, 2.05) is 30.0 Å². The first-order valence-electron chi connectivity index (χ1n) is 8.62. The number of likely N-dealkylation sites (tertiary alicyclic amines) is 1. The molecule has 0 N–H and O–H groups in total. The fourth-order valence-corrected chi connectivity index (χ4v) is 3.59. The normalized spacial score (nSPS) is 19.3. The Morgan fingerprint density at radius 1 is 1.30 bits per heavy atom. The Morgan fingerprint density at radius 3 is 2.74 bits per heavy atom. The summed E-state index contributed by atoms with van der Waals surface area (Å²) in [6, 6.07) is 10.3. The van der Waals surface area contributed by atoms with Crippen LogP contribution in [0.3, 0.4) is 0 Å². The maximum atomic E-state index is 12.5. The van der Waals surface area contributed by atoms with Gasteiger partial charge in [-0.3, -0.25) is 4.79 Å². The largest absolute Gasteiger partial charge is 0.376 e. The highest BCUT2D eigenvalue weighted by Gasteiger charge is 2.29. The number of nitrogens with zero attached hydrogens (tertiary/aromatic N) is 1. The van der Waals surface area contributed by atoms with Crippen molar-refractivity contribution in [1.82, 2.24) is 4.90 Å². The number of hydrogen-bond acceptors (Lipinski definition) is 3. The Bertz CT molecular complexity index is 478. The zero-order valence-corrected chi connectivity index (χ0v) is 15.3. The third-order valence-corrected chi connectivity index (χ3v) is 5.40. The van der Waals surface area contributed by atoms with E-state index in [0.29, 0.717) is 5.92 Å². The first-order valence-corrected chi connectivity index (χ1v) is 9.67. The van der Waals surface area contributed by atoms with Crippen molar-refractivity contribution in [3.05, 3.63) is 35.9 Å². The molecule has 1 heterocycles. The van der Waals surface area contributed by atoms with Gasteiger partial charge in [0.25, 0.3) is 0 Å². The van der Waals surface area contributed by atoms with Crippen LogP contribution >= 0.6 is 11.8 Å². The summed E-state index contributed by atoms with van der Waals surface area (Å²) in [6.45, 7) is 8.83. The molecule has 2 rings (SSSR count). The van der Waals surface area contributed by atoms with E-state index >= 15 is 0 Å². The highest BCUT2D eigenvalue weighted by Crippen LogP contribution is 2.22. The van der Waals surface area contributed by atoms with E-state index in [9.17, 15) is 4.79 Å². The molecule has 0 saturated carbocycles. The lowest BCUT2D eigenvalue weighted by Gasteiger charge is -2.21. The maximum Gasteiger partial charge on any atom is 0.235 e. The molecule has 1 aliphatic heterocycles. The zero-order chi connectivity index (χ0) is 16.7. The van der Waals surface area contributed by atoms with Gasteiger partial charge >= 0.3 is 0 Å². The Balaban J connectivity index is 1.70. The van der Waals surface area contributed by atoms with Gasteiger partial charge < -0.3 is 9.64 Å². The Hall–Kier alpha value is -1.00. The molecule has 128 valence electrons. The molecule has 2 atom stereocenters. The monoisotopic (exact) mass is 335 g/mol. The van der Waals surface area contributed by atoms with Crippen LogP contribution in [0.5, 0.6) is 0 Å². The number of thioether (sulfide) groups is 1. The standard InChI is InChI=1S/C19H29NO2S/c1-15(2)10-12-22-18-9-11-20(13-18)19(21)16(3)23-14-17-7-5-4-6-8-17/h4-8,15-16,18H,9-14H2,1-3H3/t16-,18+/m0/s1. The SMILES string of the molecule is CC(C)CCO[C@@H]1CCN(C(=O)[C@H](C)SCc2ccccc2)C1. The second-order valence-corrected chi connectivity index (χ2v) is 8.02. The van der Waals surface area contributed by atoms with Crippen LogP contribution in [0.25, 0.3) is 0 Å². The number of hydrogen-bond donors (Lipinski definition) is 0. The number of rotatable bonds is 8. The minimum atomic E-state index is 0.00428. The minimum absolute atomic E-state index is 0.00428. The van der Waals surface area contributed by atoms with Gasteiger partial charge in [-0.15, -0.1) is 11.8 Å². The third kappa shape index (κ3) is 6.19. The van der Waals surface area contributed by atoms with Crippen molar-refractivity contribution in [2.24, 2.45) is 5.92 Å². The molecule has 1 saturated heterocycles. The molecule has 1 fully saturated rings. The molecule has 0 spiro atoms. The van der Waals surface area contributed by atoms with Gasteiger partial charge in [0.05, 0.1) is 11.4 Å². The fourth-order valence-electron chi connectivity index (χ4n) is 2.66. The van der Waals surface area contributed by atoms with E-state index in [2.05, 4.69) is 26.0 Å². The van der Waals surface area contributed by atoms with E-state index in [0.717, 1.165) is 38.3 Å². The number of benzene rings is 1.